The molecule has 126 valence electrons. The number of methoxy groups -OCH3 is 1. The van der Waals surface area contributed by atoms with Gasteiger partial charge in [0.2, 0.25) is 0 Å². The normalized spacial score (nSPS) is 38.3. The van der Waals surface area contributed by atoms with E-state index in [1.807, 2.05) is 12.1 Å². The number of ether oxygens (including phenoxy) is 1. The number of hydrogen-bond donors (Lipinski definition) is 1. The molecule has 7 heteroatoms. The van der Waals surface area contributed by atoms with Crippen molar-refractivity contribution in [1.82, 2.24) is 4.72 Å². The highest BCUT2D eigenvalue weighted by molar-refractivity contribution is 9.10. The Morgan fingerprint density at radius 2 is 2.09 bits per heavy atom. The molecule has 2 fully saturated rings. The molecule has 1 heterocycles. The van der Waals surface area contributed by atoms with Crippen molar-refractivity contribution in [3.8, 4) is 0 Å². The van der Waals surface area contributed by atoms with Gasteiger partial charge in [0.05, 0.1) is 18.2 Å². The van der Waals surface area contributed by atoms with Gasteiger partial charge in [-0.25, -0.2) is 0 Å². The van der Waals surface area contributed by atoms with E-state index in [2.05, 4.69) is 26.7 Å². The second-order valence-electron chi connectivity index (χ2n) is 6.92. The first kappa shape index (κ1) is 16.0. The minimum Gasteiger partial charge on any atom is -0.381 e. The topological polar surface area (TPSA) is 64.6 Å². The molecule has 1 saturated carbocycles. The van der Waals surface area contributed by atoms with Crippen LogP contribution in [0.25, 0.3) is 0 Å². The lowest BCUT2D eigenvalue weighted by molar-refractivity contribution is -0.0131. The molecular weight excluding hydrogens is 382 g/mol. The van der Waals surface area contributed by atoms with Crippen molar-refractivity contribution in [2.45, 2.75) is 43.7 Å². The second-order valence-corrected chi connectivity index (χ2v) is 9.18. The van der Waals surface area contributed by atoms with Gasteiger partial charge in [0.1, 0.15) is 0 Å². The molecule has 3 aliphatic rings. The Kier molecular flexibility index (Phi) is 3.67. The summed E-state index contributed by atoms with van der Waals surface area (Å²) in [4.78, 5) is 0. The van der Waals surface area contributed by atoms with Crippen molar-refractivity contribution in [2.75, 3.05) is 13.7 Å². The third-order valence-electron chi connectivity index (χ3n) is 5.92. The molecule has 5 nitrogen and oxygen atoms in total. The fourth-order valence-corrected chi connectivity index (χ4v) is 6.28. The van der Waals surface area contributed by atoms with Gasteiger partial charge in [0.25, 0.3) is 0 Å². The summed E-state index contributed by atoms with van der Waals surface area (Å²) in [6, 6.07) is 6.17. The van der Waals surface area contributed by atoms with Gasteiger partial charge in [-0.05, 0) is 55.4 Å². The molecule has 2 aliphatic carbocycles. The largest absolute Gasteiger partial charge is 0.381 e. The van der Waals surface area contributed by atoms with E-state index in [-0.39, 0.29) is 18.1 Å². The van der Waals surface area contributed by atoms with Gasteiger partial charge in [-0.1, -0.05) is 22.0 Å². The summed E-state index contributed by atoms with van der Waals surface area (Å²) in [5.74, 6) is 0. The molecule has 4 rings (SSSR count). The van der Waals surface area contributed by atoms with Crippen LogP contribution in [0.1, 0.15) is 36.8 Å². The molecule has 1 aromatic carbocycles. The molecule has 23 heavy (non-hydrogen) atoms. The molecule has 0 amide bonds. The molecule has 2 spiro atoms. The number of rotatable bonds is 1. The predicted octanol–water partition coefficient (Wildman–Crippen LogP) is 2.64. The number of nitrogens with one attached hydrogen (secondary N) is 1. The fourth-order valence-electron chi connectivity index (χ4n) is 4.72. The Morgan fingerprint density at radius 1 is 1.35 bits per heavy atom. The molecule has 0 radical (unpaired) electrons. The van der Waals surface area contributed by atoms with E-state index < -0.39 is 15.8 Å². The zero-order chi connectivity index (χ0) is 16.3. The lowest BCUT2D eigenvalue weighted by Crippen LogP contribution is -2.54. The fraction of sp³-hybridized carbons (Fsp3) is 0.625. The minimum absolute atomic E-state index is 0.130. The van der Waals surface area contributed by atoms with E-state index in [4.69, 9.17) is 8.92 Å². The maximum absolute atomic E-state index is 12.1. The van der Waals surface area contributed by atoms with Crippen molar-refractivity contribution < 1.29 is 17.3 Å². The van der Waals surface area contributed by atoms with Gasteiger partial charge < -0.3 is 4.74 Å². The summed E-state index contributed by atoms with van der Waals surface area (Å²) in [6.07, 6.45) is 4.93. The molecule has 1 atom stereocenters. The Morgan fingerprint density at radius 3 is 2.70 bits per heavy atom. The highest BCUT2D eigenvalue weighted by Gasteiger charge is 2.63. The third kappa shape index (κ3) is 2.32. The van der Waals surface area contributed by atoms with Gasteiger partial charge >= 0.3 is 10.3 Å². The minimum atomic E-state index is -3.68. The average molecular weight is 402 g/mol. The summed E-state index contributed by atoms with van der Waals surface area (Å²) in [7, 11) is -1.93. The van der Waals surface area contributed by atoms with Gasteiger partial charge in [0.15, 0.2) is 0 Å². The van der Waals surface area contributed by atoms with Gasteiger partial charge in [-0.2, -0.15) is 13.1 Å². The summed E-state index contributed by atoms with van der Waals surface area (Å²) in [6.45, 7) is 0.177. The van der Waals surface area contributed by atoms with Crippen LogP contribution in [0.4, 0.5) is 0 Å². The number of fused-ring (bicyclic) bond motifs is 3. The lowest BCUT2D eigenvalue weighted by Gasteiger charge is -2.46. The average Bonchev–Trinajstić information content (AvgIpc) is 2.98. The van der Waals surface area contributed by atoms with E-state index in [9.17, 15) is 8.42 Å². The van der Waals surface area contributed by atoms with E-state index >= 15 is 0 Å². The van der Waals surface area contributed by atoms with E-state index in [1.165, 1.54) is 5.56 Å². The number of hydrogen-bond acceptors (Lipinski definition) is 4. The molecule has 1 aromatic rings. The molecule has 0 aromatic heterocycles. The van der Waals surface area contributed by atoms with Crippen LogP contribution in [0.3, 0.4) is 0 Å². The quantitative estimate of drug-likeness (QED) is 0.785. The third-order valence-corrected chi connectivity index (χ3v) is 7.44. The predicted molar refractivity (Wildman–Crippen MR) is 89.2 cm³/mol. The first-order chi connectivity index (χ1) is 10.9. The maximum atomic E-state index is 12.1. The second kappa shape index (κ2) is 5.26. The van der Waals surface area contributed by atoms with Gasteiger partial charge in [-0.3, -0.25) is 4.18 Å². The summed E-state index contributed by atoms with van der Waals surface area (Å²) < 4.78 is 38.6. The highest BCUT2D eigenvalue weighted by atomic mass is 79.9. The molecule has 1 unspecified atom stereocenters. The van der Waals surface area contributed by atoms with Crippen LogP contribution in [0.5, 0.6) is 0 Å². The SMILES string of the molecule is COC1CCC2(CC1)Cc1ccc(Br)cc1C21COS(=O)(=O)N1. The maximum Gasteiger partial charge on any atom is 0.336 e. The van der Waals surface area contributed by atoms with Crippen molar-refractivity contribution in [3.63, 3.8) is 0 Å². The van der Waals surface area contributed by atoms with Crippen molar-refractivity contribution in [3.05, 3.63) is 33.8 Å². The van der Waals surface area contributed by atoms with Crippen LogP contribution in [0.15, 0.2) is 22.7 Å². The van der Waals surface area contributed by atoms with Crippen molar-refractivity contribution in [2.24, 2.45) is 5.41 Å². The van der Waals surface area contributed by atoms with Crippen LogP contribution in [-0.4, -0.2) is 28.2 Å². The van der Waals surface area contributed by atoms with E-state index in [0.29, 0.717) is 0 Å². The van der Waals surface area contributed by atoms with Crippen LogP contribution < -0.4 is 4.72 Å². The van der Waals surface area contributed by atoms with Crippen molar-refractivity contribution >= 4 is 26.2 Å². The van der Waals surface area contributed by atoms with E-state index in [0.717, 1.165) is 42.1 Å². The van der Waals surface area contributed by atoms with Crippen LogP contribution >= 0.6 is 15.9 Å². The Hall–Kier alpha value is -0.470. The summed E-state index contributed by atoms with van der Waals surface area (Å²) in [5, 5.41) is 0. The van der Waals surface area contributed by atoms with Crippen LogP contribution in [0, 0.1) is 5.41 Å². The lowest BCUT2D eigenvalue weighted by atomic mass is 9.62. The molecule has 1 saturated heterocycles. The van der Waals surface area contributed by atoms with Gasteiger partial charge in [0, 0.05) is 17.0 Å². The molecular formula is C16H20BrNO4S. The molecule has 1 N–H and O–H groups in total. The first-order valence-electron chi connectivity index (χ1n) is 7.90. The first-order valence-corrected chi connectivity index (χ1v) is 10.1. The van der Waals surface area contributed by atoms with Gasteiger partial charge in [-0.15, -0.1) is 0 Å². The highest BCUT2D eigenvalue weighted by Crippen LogP contribution is 2.59. The Balaban J connectivity index is 1.82. The monoisotopic (exact) mass is 401 g/mol. The molecule has 1 aliphatic heterocycles. The van der Waals surface area contributed by atoms with E-state index in [1.54, 1.807) is 7.11 Å². The smallest absolute Gasteiger partial charge is 0.336 e. The molecule has 0 bridgehead atoms. The van der Waals surface area contributed by atoms with Crippen molar-refractivity contribution in [1.29, 1.82) is 0 Å². The van der Waals surface area contributed by atoms with Crippen LogP contribution in [0.2, 0.25) is 0 Å². The summed E-state index contributed by atoms with van der Waals surface area (Å²) in [5.41, 5.74) is 1.50. The summed E-state index contributed by atoms with van der Waals surface area (Å²) >= 11 is 3.52. The zero-order valence-corrected chi connectivity index (χ0v) is 15.4. The zero-order valence-electron chi connectivity index (χ0n) is 13.0. The van der Waals surface area contributed by atoms with Crippen LogP contribution in [-0.2, 0) is 31.2 Å². The number of benzene rings is 1. The standard InChI is InChI=1S/C16H20BrNO4S/c1-21-13-4-6-15(7-5-13)9-11-2-3-12(17)8-14(11)16(15)10-22-23(19,20)18-16/h2-3,8,13,18H,4-7,9-10H2,1H3. The Labute approximate surface area is 145 Å². The Bertz CT molecular complexity index is 742. The number of halogens is 1.